The van der Waals surface area contributed by atoms with Crippen molar-refractivity contribution in [1.82, 2.24) is 15.1 Å². The Balaban J connectivity index is 1.54. The van der Waals surface area contributed by atoms with Crippen LogP contribution in [0.25, 0.3) is 11.5 Å². The van der Waals surface area contributed by atoms with Gasteiger partial charge in [0, 0.05) is 37.1 Å². The predicted molar refractivity (Wildman–Crippen MR) is 132 cm³/mol. The summed E-state index contributed by atoms with van der Waals surface area (Å²) in [6.45, 7) is 0.397. The molecule has 198 valence electrons. The zero-order valence-corrected chi connectivity index (χ0v) is 21.4. The minimum absolute atomic E-state index is 0.0248. The van der Waals surface area contributed by atoms with E-state index < -0.39 is 40.0 Å². The molecule has 0 aliphatic carbocycles. The van der Waals surface area contributed by atoms with E-state index in [0.29, 0.717) is 5.02 Å². The van der Waals surface area contributed by atoms with Gasteiger partial charge in [-0.05, 0) is 36.9 Å². The molecule has 0 bridgehead atoms. The van der Waals surface area contributed by atoms with Crippen molar-refractivity contribution in [3.63, 3.8) is 0 Å². The van der Waals surface area contributed by atoms with Gasteiger partial charge in [0.2, 0.25) is 5.89 Å². The average molecular weight is 556 g/mol. The Labute approximate surface area is 217 Å². The lowest BCUT2D eigenvalue weighted by molar-refractivity contribution is -0.0678. The number of nitrogens with zero attached hydrogens (tertiary/aromatic N) is 4. The van der Waals surface area contributed by atoms with Crippen molar-refractivity contribution in [1.29, 1.82) is 0 Å². The summed E-state index contributed by atoms with van der Waals surface area (Å²) in [6, 6.07) is 8.60. The van der Waals surface area contributed by atoms with E-state index in [1.54, 1.807) is 36.2 Å². The summed E-state index contributed by atoms with van der Waals surface area (Å²) in [4.78, 5) is 3.04. The number of aromatic nitrogens is 2. The molecule has 2 N–H and O–H groups in total. The maximum Gasteiger partial charge on any atom is 0.261 e. The van der Waals surface area contributed by atoms with Crippen molar-refractivity contribution in [3.05, 3.63) is 58.7 Å². The number of hydrogen-bond donors (Lipinski definition) is 1. The molecule has 3 heterocycles. The van der Waals surface area contributed by atoms with Crippen molar-refractivity contribution >= 4 is 27.1 Å². The number of alkyl halides is 2. The van der Waals surface area contributed by atoms with Gasteiger partial charge < -0.3 is 15.1 Å². The number of fused-ring (bicyclic) bond motifs is 1. The summed E-state index contributed by atoms with van der Waals surface area (Å²) in [6.07, 6.45) is -0.462. The van der Waals surface area contributed by atoms with E-state index >= 15 is 4.39 Å². The van der Waals surface area contributed by atoms with Gasteiger partial charge in [0.15, 0.2) is 9.84 Å². The third kappa shape index (κ3) is 5.47. The Morgan fingerprint density at radius 1 is 1.19 bits per heavy atom. The second-order valence-corrected chi connectivity index (χ2v) is 12.2. The zero-order chi connectivity index (χ0) is 26.5. The van der Waals surface area contributed by atoms with E-state index in [1.165, 1.54) is 11.0 Å². The van der Waals surface area contributed by atoms with Crippen LogP contribution in [-0.4, -0.2) is 67.9 Å². The molecule has 0 amide bonds. The quantitative estimate of drug-likeness (QED) is 0.519. The Hall–Kier alpha value is -2.67. The van der Waals surface area contributed by atoms with Crippen LogP contribution in [0.4, 0.5) is 18.9 Å². The van der Waals surface area contributed by atoms with Gasteiger partial charge in [-0.3, -0.25) is 4.90 Å². The molecule has 1 aromatic heterocycles. The molecule has 37 heavy (non-hydrogen) atoms. The van der Waals surface area contributed by atoms with Crippen molar-refractivity contribution in [3.8, 4) is 11.5 Å². The number of likely N-dealkylation sites (tertiary alicyclic amines) is 1. The first-order valence-corrected chi connectivity index (χ1v) is 13.6. The first-order chi connectivity index (χ1) is 17.4. The van der Waals surface area contributed by atoms with E-state index in [1.807, 2.05) is 0 Å². The Morgan fingerprint density at radius 2 is 1.92 bits per heavy atom. The van der Waals surface area contributed by atoms with E-state index in [2.05, 4.69) is 10.2 Å². The van der Waals surface area contributed by atoms with E-state index in [4.69, 9.17) is 21.8 Å². The molecule has 0 spiro atoms. The normalized spacial score (nSPS) is 23.5. The number of nitrogens with two attached hydrogens (primary N) is 1. The lowest BCUT2D eigenvalue weighted by Crippen LogP contribution is -2.44. The van der Waals surface area contributed by atoms with E-state index in [-0.39, 0.29) is 59.9 Å². The molecule has 2 atom stereocenters. The van der Waals surface area contributed by atoms with Crippen LogP contribution in [0.2, 0.25) is 5.02 Å². The monoisotopic (exact) mass is 555 g/mol. The Kier molecular flexibility index (Phi) is 6.71. The Bertz CT molecular complexity index is 1420. The Morgan fingerprint density at radius 3 is 2.62 bits per heavy atom. The molecule has 0 radical (unpaired) electrons. The number of likely N-dealkylation sites (N-methyl/N-ethyl adjacent to an activating group) is 1. The fourth-order valence-corrected chi connectivity index (χ4v) is 6.73. The fourth-order valence-electron chi connectivity index (χ4n) is 4.97. The fraction of sp³-hybridized carbons (Fsp3) is 0.417. The van der Waals surface area contributed by atoms with Crippen LogP contribution in [0.3, 0.4) is 0 Å². The molecule has 5 rings (SSSR count). The van der Waals surface area contributed by atoms with Gasteiger partial charge in [0.05, 0.1) is 34.4 Å². The molecule has 2 aliphatic heterocycles. The van der Waals surface area contributed by atoms with E-state index in [0.717, 1.165) is 11.6 Å². The molecule has 3 aromatic rings. The second-order valence-electron chi connectivity index (χ2n) is 9.75. The van der Waals surface area contributed by atoms with Gasteiger partial charge in [-0.2, -0.15) is 0 Å². The number of halogens is 4. The van der Waals surface area contributed by atoms with Gasteiger partial charge in [-0.25, -0.2) is 21.6 Å². The number of sulfone groups is 1. The highest BCUT2D eigenvalue weighted by atomic mass is 35.5. The summed E-state index contributed by atoms with van der Waals surface area (Å²) in [5, 5.41) is 8.38. The van der Waals surface area contributed by atoms with Gasteiger partial charge in [0.25, 0.3) is 11.8 Å². The minimum Gasteiger partial charge on any atom is -0.420 e. The minimum atomic E-state index is -3.90. The molecule has 2 aromatic carbocycles. The van der Waals surface area contributed by atoms with Crippen molar-refractivity contribution in [2.24, 2.45) is 5.73 Å². The molecule has 1 unspecified atom stereocenters. The van der Waals surface area contributed by atoms with Gasteiger partial charge in [0.1, 0.15) is 5.82 Å². The van der Waals surface area contributed by atoms with Crippen LogP contribution in [-0.2, 0) is 16.4 Å². The van der Waals surface area contributed by atoms with Gasteiger partial charge in [-0.15, -0.1) is 10.2 Å². The van der Waals surface area contributed by atoms with Crippen LogP contribution >= 0.6 is 11.6 Å². The first kappa shape index (κ1) is 26.0. The van der Waals surface area contributed by atoms with Crippen molar-refractivity contribution < 1.29 is 26.0 Å². The first-order valence-electron chi connectivity index (χ1n) is 11.6. The van der Waals surface area contributed by atoms with Crippen LogP contribution in [0.1, 0.15) is 23.8 Å². The number of anilines is 1. The molecule has 1 saturated heterocycles. The zero-order valence-electron chi connectivity index (χ0n) is 19.9. The number of hydrogen-bond acceptors (Lipinski definition) is 8. The third-order valence-electron chi connectivity index (χ3n) is 6.50. The van der Waals surface area contributed by atoms with Crippen LogP contribution in [0.15, 0.2) is 45.7 Å². The van der Waals surface area contributed by atoms with Crippen molar-refractivity contribution in [2.45, 2.75) is 35.7 Å². The molecule has 2 aliphatic rings. The average Bonchev–Trinajstić information content (AvgIpc) is 3.25. The lowest BCUT2D eigenvalue weighted by Gasteiger charge is -2.33. The number of rotatable bonds is 4. The molecule has 13 heteroatoms. The van der Waals surface area contributed by atoms with Crippen LogP contribution < -0.4 is 10.6 Å². The van der Waals surface area contributed by atoms with Gasteiger partial charge >= 0.3 is 0 Å². The molecule has 8 nitrogen and oxygen atoms in total. The highest BCUT2D eigenvalue weighted by Gasteiger charge is 2.42. The SMILES string of the molecule is CN1CC(c2nnc(-c3cc4c(cc3F)S(=O)(=O)C[C@H](N)CN4Cc3ccc(Cl)cc3)o2)CC(F)(F)C1. The summed E-state index contributed by atoms with van der Waals surface area (Å²) < 4.78 is 75.2. The summed E-state index contributed by atoms with van der Waals surface area (Å²) >= 11 is 5.99. The van der Waals surface area contributed by atoms with Crippen molar-refractivity contribution in [2.75, 3.05) is 37.3 Å². The van der Waals surface area contributed by atoms with E-state index in [9.17, 15) is 17.2 Å². The molecular formula is C24H25ClF3N5O3S. The lowest BCUT2D eigenvalue weighted by atomic mass is 9.95. The number of piperidine rings is 1. The largest absolute Gasteiger partial charge is 0.420 e. The van der Waals surface area contributed by atoms with Gasteiger partial charge in [-0.1, -0.05) is 23.7 Å². The highest BCUT2D eigenvalue weighted by molar-refractivity contribution is 7.91. The highest BCUT2D eigenvalue weighted by Crippen LogP contribution is 2.39. The molecule has 0 saturated carbocycles. The summed E-state index contributed by atoms with van der Waals surface area (Å²) in [7, 11) is -2.32. The summed E-state index contributed by atoms with van der Waals surface area (Å²) in [5.41, 5.74) is 7.08. The maximum atomic E-state index is 15.3. The second kappa shape index (κ2) is 9.57. The smallest absolute Gasteiger partial charge is 0.261 e. The van der Waals surface area contributed by atoms with Crippen LogP contribution in [0, 0.1) is 5.82 Å². The maximum absolute atomic E-state index is 15.3. The number of benzene rings is 2. The molecular weight excluding hydrogens is 531 g/mol. The molecule has 1 fully saturated rings. The summed E-state index contributed by atoms with van der Waals surface area (Å²) in [5.74, 6) is -5.11. The standard InChI is InChI=1S/C24H25ClF3N5O3S/c1-32-10-15(8-24(27,28)13-32)22-30-31-23(36-22)18-6-20-21(7-19(18)26)37(34,35)12-17(29)11-33(20)9-14-2-4-16(25)5-3-14/h2-7,15,17H,8-13,29H2,1H3/t15?,17-/m1/s1. The van der Waals surface area contributed by atoms with Crippen LogP contribution in [0.5, 0.6) is 0 Å². The third-order valence-corrected chi connectivity index (χ3v) is 8.61. The predicted octanol–water partition coefficient (Wildman–Crippen LogP) is 3.70. The topological polar surface area (TPSA) is 106 Å².